The fourth-order valence-corrected chi connectivity index (χ4v) is 2.19. The second-order valence-electron chi connectivity index (χ2n) is 4.07. The highest BCUT2D eigenvalue weighted by atomic mass is 35.5. The van der Waals surface area contributed by atoms with E-state index in [2.05, 4.69) is 15.1 Å². The van der Waals surface area contributed by atoms with Gasteiger partial charge in [-0.05, 0) is 25.9 Å². The number of hydrogen-bond acceptors (Lipinski definition) is 4. The molecule has 1 aromatic rings. The average molecular weight is 276 g/mol. The van der Waals surface area contributed by atoms with Gasteiger partial charge in [0.05, 0.1) is 0 Å². The molecule has 94 valence electrons. The van der Waals surface area contributed by atoms with Gasteiger partial charge in [0, 0.05) is 12.6 Å². The first-order valence-corrected chi connectivity index (χ1v) is 6.55. The van der Waals surface area contributed by atoms with E-state index in [0.717, 1.165) is 19.6 Å². The minimum atomic E-state index is 0.257. The number of aromatic nitrogens is 2. The van der Waals surface area contributed by atoms with Crippen LogP contribution in [0.4, 0.5) is 0 Å². The minimum Gasteiger partial charge on any atom is -0.489 e. The SMILES string of the molecule is Clc1cc(OCCN2CCCCC2)c(Cl)nn1. The van der Waals surface area contributed by atoms with Crippen molar-refractivity contribution in [3.8, 4) is 5.75 Å². The Morgan fingerprint density at radius 3 is 2.71 bits per heavy atom. The number of ether oxygens (including phenoxy) is 1. The number of halogens is 2. The molecule has 0 amide bonds. The summed E-state index contributed by atoms with van der Waals surface area (Å²) in [4.78, 5) is 2.40. The number of likely N-dealkylation sites (tertiary alicyclic amines) is 1. The van der Waals surface area contributed by atoms with Gasteiger partial charge in [0.15, 0.2) is 16.1 Å². The molecule has 0 bridgehead atoms. The van der Waals surface area contributed by atoms with E-state index in [9.17, 15) is 0 Å². The van der Waals surface area contributed by atoms with Gasteiger partial charge < -0.3 is 4.74 Å². The summed E-state index contributed by atoms with van der Waals surface area (Å²) in [7, 11) is 0. The topological polar surface area (TPSA) is 38.2 Å². The van der Waals surface area contributed by atoms with Gasteiger partial charge in [0.25, 0.3) is 0 Å². The van der Waals surface area contributed by atoms with E-state index in [1.54, 1.807) is 6.07 Å². The molecule has 0 saturated carbocycles. The lowest BCUT2D eigenvalue weighted by atomic mass is 10.1. The van der Waals surface area contributed by atoms with Crippen molar-refractivity contribution in [2.75, 3.05) is 26.2 Å². The molecule has 2 rings (SSSR count). The summed E-state index contributed by atoms with van der Waals surface area (Å²) in [5.41, 5.74) is 0. The number of rotatable bonds is 4. The van der Waals surface area contributed by atoms with Gasteiger partial charge in [-0.25, -0.2) is 0 Å². The highest BCUT2D eigenvalue weighted by Crippen LogP contribution is 2.23. The van der Waals surface area contributed by atoms with E-state index in [1.807, 2.05) is 0 Å². The average Bonchev–Trinajstić information content (AvgIpc) is 2.35. The Hall–Kier alpha value is -0.580. The summed E-state index contributed by atoms with van der Waals surface area (Å²) in [6, 6.07) is 1.59. The van der Waals surface area contributed by atoms with Crippen molar-refractivity contribution >= 4 is 23.2 Å². The smallest absolute Gasteiger partial charge is 0.193 e. The van der Waals surface area contributed by atoms with Gasteiger partial charge in [-0.1, -0.05) is 29.6 Å². The van der Waals surface area contributed by atoms with Crippen LogP contribution in [0.3, 0.4) is 0 Å². The van der Waals surface area contributed by atoms with Gasteiger partial charge in [0.2, 0.25) is 0 Å². The largest absolute Gasteiger partial charge is 0.489 e. The summed E-state index contributed by atoms with van der Waals surface area (Å²) in [5, 5.41) is 7.87. The van der Waals surface area contributed by atoms with Gasteiger partial charge >= 0.3 is 0 Å². The fraction of sp³-hybridized carbons (Fsp3) is 0.636. The van der Waals surface area contributed by atoms with E-state index in [1.165, 1.54) is 19.3 Å². The molecule has 0 unspecified atom stereocenters. The monoisotopic (exact) mass is 275 g/mol. The zero-order valence-corrected chi connectivity index (χ0v) is 11.0. The van der Waals surface area contributed by atoms with Crippen LogP contribution in [0, 0.1) is 0 Å². The van der Waals surface area contributed by atoms with Crippen molar-refractivity contribution in [2.24, 2.45) is 0 Å². The Morgan fingerprint density at radius 2 is 1.94 bits per heavy atom. The van der Waals surface area contributed by atoms with Gasteiger partial charge in [-0.15, -0.1) is 10.2 Å². The highest BCUT2D eigenvalue weighted by molar-refractivity contribution is 6.32. The zero-order valence-electron chi connectivity index (χ0n) is 9.53. The molecule has 2 heterocycles. The van der Waals surface area contributed by atoms with Crippen LogP contribution in [-0.4, -0.2) is 41.3 Å². The van der Waals surface area contributed by atoms with Crippen LogP contribution in [0.25, 0.3) is 0 Å². The summed E-state index contributed by atoms with van der Waals surface area (Å²) < 4.78 is 5.56. The van der Waals surface area contributed by atoms with E-state index >= 15 is 0 Å². The summed E-state index contributed by atoms with van der Waals surface area (Å²) in [5.74, 6) is 0.503. The molecule has 0 atom stereocenters. The van der Waals surface area contributed by atoms with Crippen LogP contribution in [0.15, 0.2) is 6.07 Å². The third kappa shape index (κ3) is 3.98. The Balaban J connectivity index is 1.79. The predicted octanol–water partition coefficient (Wildman–Crippen LogP) is 2.65. The van der Waals surface area contributed by atoms with Crippen LogP contribution < -0.4 is 4.74 Å². The molecule has 0 aliphatic carbocycles. The third-order valence-corrected chi connectivity index (χ3v) is 3.25. The first-order chi connectivity index (χ1) is 8.25. The van der Waals surface area contributed by atoms with Crippen LogP contribution in [0.2, 0.25) is 10.3 Å². The van der Waals surface area contributed by atoms with Gasteiger partial charge in [-0.3, -0.25) is 4.90 Å². The quantitative estimate of drug-likeness (QED) is 0.847. The van der Waals surface area contributed by atoms with Crippen molar-refractivity contribution in [1.29, 1.82) is 0 Å². The van der Waals surface area contributed by atoms with Crippen molar-refractivity contribution in [2.45, 2.75) is 19.3 Å². The first kappa shape index (κ1) is 12.9. The molecule has 1 aliphatic rings. The normalized spacial score (nSPS) is 17.1. The summed E-state index contributed by atoms with van der Waals surface area (Å²) in [6.45, 7) is 3.83. The van der Waals surface area contributed by atoms with Crippen molar-refractivity contribution in [1.82, 2.24) is 15.1 Å². The Labute approximate surface area is 111 Å². The van der Waals surface area contributed by atoms with Crippen molar-refractivity contribution in [3.05, 3.63) is 16.4 Å². The zero-order chi connectivity index (χ0) is 12.1. The molecule has 0 radical (unpaired) electrons. The molecule has 1 fully saturated rings. The van der Waals surface area contributed by atoms with Crippen LogP contribution in [0.5, 0.6) is 5.75 Å². The number of piperidine rings is 1. The van der Waals surface area contributed by atoms with Crippen LogP contribution in [0.1, 0.15) is 19.3 Å². The maximum Gasteiger partial charge on any atom is 0.193 e. The Morgan fingerprint density at radius 1 is 1.18 bits per heavy atom. The second-order valence-corrected chi connectivity index (χ2v) is 4.82. The molecule has 6 heteroatoms. The number of nitrogens with zero attached hydrogens (tertiary/aromatic N) is 3. The van der Waals surface area contributed by atoms with E-state index in [4.69, 9.17) is 27.9 Å². The fourth-order valence-electron chi connectivity index (χ4n) is 1.91. The Bertz CT molecular complexity index is 370. The van der Waals surface area contributed by atoms with E-state index in [-0.39, 0.29) is 5.15 Å². The molecule has 1 aliphatic heterocycles. The van der Waals surface area contributed by atoms with E-state index in [0.29, 0.717) is 17.5 Å². The molecular weight excluding hydrogens is 261 g/mol. The molecule has 1 aromatic heterocycles. The summed E-state index contributed by atoms with van der Waals surface area (Å²) >= 11 is 11.6. The predicted molar refractivity (Wildman–Crippen MR) is 67.8 cm³/mol. The second kappa shape index (κ2) is 6.38. The Kier molecular flexibility index (Phi) is 4.83. The van der Waals surface area contributed by atoms with Crippen LogP contribution in [-0.2, 0) is 0 Å². The number of hydrogen-bond donors (Lipinski definition) is 0. The molecule has 0 spiro atoms. The van der Waals surface area contributed by atoms with Crippen molar-refractivity contribution < 1.29 is 4.74 Å². The molecule has 17 heavy (non-hydrogen) atoms. The lowest BCUT2D eigenvalue weighted by Gasteiger charge is -2.26. The maximum absolute atomic E-state index is 5.85. The minimum absolute atomic E-state index is 0.257. The third-order valence-electron chi connectivity index (χ3n) is 2.80. The van der Waals surface area contributed by atoms with Gasteiger partial charge in [-0.2, -0.15) is 0 Å². The van der Waals surface area contributed by atoms with E-state index < -0.39 is 0 Å². The molecule has 1 saturated heterocycles. The summed E-state index contributed by atoms with van der Waals surface area (Å²) in [6.07, 6.45) is 3.90. The molecule has 0 aromatic carbocycles. The van der Waals surface area contributed by atoms with Crippen LogP contribution >= 0.6 is 23.2 Å². The molecular formula is C11H15Cl2N3O. The van der Waals surface area contributed by atoms with Gasteiger partial charge in [0.1, 0.15) is 6.61 Å². The lowest BCUT2D eigenvalue weighted by Crippen LogP contribution is -2.33. The standard InChI is InChI=1S/C11H15Cl2N3O/c12-10-8-9(11(13)15-14-10)17-7-6-16-4-2-1-3-5-16/h8H,1-7H2. The first-order valence-electron chi connectivity index (χ1n) is 5.79. The maximum atomic E-state index is 5.85. The molecule has 4 nitrogen and oxygen atoms in total. The lowest BCUT2D eigenvalue weighted by molar-refractivity contribution is 0.183. The van der Waals surface area contributed by atoms with Crippen molar-refractivity contribution in [3.63, 3.8) is 0 Å². The highest BCUT2D eigenvalue weighted by Gasteiger charge is 2.10. The molecule has 0 N–H and O–H groups in total.